The van der Waals surface area contributed by atoms with Gasteiger partial charge in [0, 0.05) is 6.61 Å². The number of hydrogen-bond donors (Lipinski definition) is 4. The van der Waals surface area contributed by atoms with Gasteiger partial charge in [0.1, 0.15) is 18.3 Å². The summed E-state index contributed by atoms with van der Waals surface area (Å²) in [5.41, 5.74) is 0. The second-order valence-corrected chi connectivity index (χ2v) is 3.19. The van der Waals surface area contributed by atoms with Gasteiger partial charge in [-0.2, -0.15) is 0 Å². The molecule has 0 aromatic carbocycles. The van der Waals surface area contributed by atoms with Crippen LogP contribution in [0.1, 0.15) is 6.92 Å². The molecule has 2 unspecified atom stereocenters. The van der Waals surface area contributed by atoms with Crippen LogP contribution in [0, 0.1) is 0 Å². The van der Waals surface area contributed by atoms with Crippen LogP contribution in [0.15, 0.2) is 0 Å². The highest BCUT2D eigenvalue weighted by molar-refractivity contribution is 5.73. The second-order valence-electron chi connectivity index (χ2n) is 3.19. The van der Waals surface area contributed by atoms with Crippen molar-refractivity contribution in [2.45, 2.75) is 37.6 Å². The molecule has 0 radical (unpaired) electrons. The number of rotatable bonds is 3. The van der Waals surface area contributed by atoms with Gasteiger partial charge in [-0.15, -0.1) is 0 Å². The highest BCUT2D eigenvalue weighted by atomic mass is 16.7. The highest BCUT2D eigenvalue weighted by Crippen LogP contribution is 2.22. The molecule has 0 saturated carbocycles. The molecule has 0 aromatic heterocycles. The zero-order valence-electron chi connectivity index (χ0n) is 8.11. The Morgan fingerprint density at radius 3 is 2.33 bits per heavy atom. The molecule has 4 N–H and O–H groups in total. The van der Waals surface area contributed by atoms with Crippen LogP contribution in [0.2, 0.25) is 0 Å². The largest absolute Gasteiger partial charge is 0.479 e. The van der Waals surface area contributed by atoms with Gasteiger partial charge in [-0.25, -0.2) is 4.79 Å². The van der Waals surface area contributed by atoms with E-state index in [0.717, 1.165) is 0 Å². The summed E-state index contributed by atoms with van der Waals surface area (Å²) in [6.07, 6.45) is -7.57. The Labute approximate surface area is 85.9 Å². The van der Waals surface area contributed by atoms with E-state index in [0.29, 0.717) is 0 Å². The van der Waals surface area contributed by atoms with Crippen LogP contribution in [-0.4, -0.2) is 63.7 Å². The summed E-state index contributed by atoms with van der Waals surface area (Å²) >= 11 is 0. The quantitative estimate of drug-likeness (QED) is 0.432. The number of carbonyl (C=O) groups is 1. The van der Waals surface area contributed by atoms with E-state index in [9.17, 15) is 20.1 Å². The van der Waals surface area contributed by atoms with Crippen molar-refractivity contribution in [3.8, 4) is 0 Å². The van der Waals surface area contributed by atoms with Crippen molar-refractivity contribution in [1.29, 1.82) is 0 Å². The van der Waals surface area contributed by atoms with Gasteiger partial charge in [0.05, 0.1) is 0 Å². The molecule has 1 saturated heterocycles. The summed E-state index contributed by atoms with van der Waals surface area (Å²) in [6, 6.07) is 0. The molecule has 0 aliphatic carbocycles. The average Bonchev–Trinajstić information content (AvgIpc) is 2.18. The van der Waals surface area contributed by atoms with E-state index in [1.807, 2.05) is 0 Å². The van der Waals surface area contributed by atoms with Gasteiger partial charge in [0.25, 0.3) is 0 Å². The third-order valence-electron chi connectivity index (χ3n) is 2.14. The SMILES string of the molecule is CCO[C@@H]1OC(C(=O)O)[C@H](O)[C@H](O)C1O. The van der Waals surface area contributed by atoms with Crippen molar-refractivity contribution in [2.24, 2.45) is 0 Å². The van der Waals surface area contributed by atoms with E-state index >= 15 is 0 Å². The number of hydrogen-bond acceptors (Lipinski definition) is 6. The fourth-order valence-corrected chi connectivity index (χ4v) is 1.35. The Morgan fingerprint density at radius 1 is 1.27 bits per heavy atom. The lowest BCUT2D eigenvalue weighted by Gasteiger charge is -2.38. The summed E-state index contributed by atoms with van der Waals surface area (Å²) in [6.45, 7) is 1.82. The zero-order chi connectivity index (χ0) is 11.6. The normalized spacial score (nSPS) is 41.5. The predicted octanol–water partition coefficient (Wildman–Crippen LogP) is -2.08. The first-order chi connectivity index (χ1) is 6.99. The highest BCUT2D eigenvalue weighted by Gasteiger charge is 2.47. The summed E-state index contributed by atoms with van der Waals surface area (Å²) in [4.78, 5) is 10.6. The van der Waals surface area contributed by atoms with E-state index in [1.54, 1.807) is 6.92 Å². The number of aliphatic hydroxyl groups is 3. The molecule has 1 fully saturated rings. The maximum absolute atomic E-state index is 10.6. The molecule has 0 spiro atoms. The Balaban J connectivity index is 2.75. The van der Waals surface area contributed by atoms with Crippen molar-refractivity contribution in [2.75, 3.05) is 6.61 Å². The van der Waals surface area contributed by atoms with Gasteiger partial charge in [-0.05, 0) is 6.92 Å². The molecule has 0 aromatic rings. The standard InChI is InChI=1S/C8H14O7/c1-2-14-8-5(11)3(9)4(10)6(15-8)7(12)13/h3-6,8-11H,2H2,1H3,(H,12,13)/t3-,4+,5?,6?,8+/m0/s1. The lowest BCUT2D eigenvalue weighted by atomic mass is 9.99. The number of aliphatic carboxylic acids is 1. The summed E-state index contributed by atoms with van der Waals surface area (Å²) in [5, 5.41) is 36.7. The van der Waals surface area contributed by atoms with E-state index in [-0.39, 0.29) is 6.61 Å². The van der Waals surface area contributed by atoms with Crippen LogP contribution in [0.25, 0.3) is 0 Å². The van der Waals surface area contributed by atoms with Crippen molar-refractivity contribution >= 4 is 5.97 Å². The molecule has 1 heterocycles. The first kappa shape index (κ1) is 12.3. The molecular weight excluding hydrogens is 208 g/mol. The van der Waals surface area contributed by atoms with E-state index < -0.39 is 36.7 Å². The van der Waals surface area contributed by atoms with E-state index in [2.05, 4.69) is 0 Å². The van der Waals surface area contributed by atoms with Crippen molar-refractivity contribution < 1.29 is 34.7 Å². The average molecular weight is 222 g/mol. The first-order valence-electron chi connectivity index (χ1n) is 4.53. The van der Waals surface area contributed by atoms with Crippen LogP contribution >= 0.6 is 0 Å². The number of carboxylic acids is 1. The van der Waals surface area contributed by atoms with Gasteiger partial charge in [0.15, 0.2) is 12.4 Å². The van der Waals surface area contributed by atoms with Crippen molar-refractivity contribution in [3.05, 3.63) is 0 Å². The summed E-state index contributed by atoms with van der Waals surface area (Å²) < 4.78 is 9.69. The van der Waals surface area contributed by atoms with E-state index in [1.165, 1.54) is 0 Å². The van der Waals surface area contributed by atoms with Crippen LogP contribution in [0.5, 0.6) is 0 Å². The third-order valence-corrected chi connectivity index (χ3v) is 2.14. The number of carboxylic acid groups (broad SMARTS) is 1. The molecule has 7 nitrogen and oxygen atoms in total. The fourth-order valence-electron chi connectivity index (χ4n) is 1.35. The molecule has 15 heavy (non-hydrogen) atoms. The lowest BCUT2D eigenvalue weighted by Crippen LogP contribution is -2.60. The van der Waals surface area contributed by atoms with Gasteiger partial charge in [0.2, 0.25) is 0 Å². The van der Waals surface area contributed by atoms with Crippen LogP contribution in [-0.2, 0) is 14.3 Å². The monoisotopic (exact) mass is 222 g/mol. The van der Waals surface area contributed by atoms with Crippen molar-refractivity contribution in [1.82, 2.24) is 0 Å². The summed E-state index contributed by atoms with van der Waals surface area (Å²) in [7, 11) is 0. The molecule has 1 rings (SSSR count). The molecule has 5 atom stereocenters. The molecule has 0 bridgehead atoms. The molecule has 88 valence electrons. The second kappa shape index (κ2) is 4.86. The Bertz CT molecular complexity index is 231. The van der Waals surface area contributed by atoms with Crippen molar-refractivity contribution in [3.63, 3.8) is 0 Å². The van der Waals surface area contributed by atoms with Gasteiger partial charge >= 0.3 is 5.97 Å². The van der Waals surface area contributed by atoms with Gasteiger partial charge in [-0.3, -0.25) is 0 Å². The Kier molecular flexibility index (Phi) is 4.00. The van der Waals surface area contributed by atoms with Crippen LogP contribution < -0.4 is 0 Å². The third kappa shape index (κ3) is 2.44. The Morgan fingerprint density at radius 2 is 1.87 bits per heavy atom. The molecule has 1 aliphatic heterocycles. The predicted molar refractivity (Wildman–Crippen MR) is 45.9 cm³/mol. The Hall–Kier alpha value is -0.730. The summed E-state index contributed by atoms with van der Waals surface area (Å²) in [5.74, 6) is -1.42. The zero-order valence-corrected chi connectivity index (χ0v) is 8.11. The van der Waals surface area contributed by atoms with Crippen LogP contribution in [0.3, 0.4) is 0 Å². The van der Waals surface area contributed by atoms with E-state index in [4.69, 9.17) is 14.6 Å². The maximum Gasteiger partial charge on any atom is 0.335 e. The maximum atomic E-state index is 10.6. The first-order valence-corrected chi connectivity index (χ1v) is 4.53. The number of ether oxygens (including phenoxy) is 2. The number of aliphatic hydroxyl groups excluding tert-OH is 3. The lowest BCUT2D eigenvalue weighted by molar-refractivity contribution is -0.292. The van der Waals surface area contributed by atoms with Crippen LogP contribution in [0.4, 0.5) is 0 Å². The molecule has 7 heteroatoms. The molecule has 0 amide bonds. The minimum atomic E-state index is -1.67. The fraction of sp³-hybridized carbons (Fsp3) is 0.875. The van der Waals surface area contributed by atoms with Gasteiger partial charge < -0.3 is 29.9 Å². The molecular formula is C8H14O7. The molecule has 1 aliphatic rings. The minimum Gasteiger partial charge on any atom is -0.479 e. The smallest absolute Gasteiger partial charge is 0.335 e. The minimum absolute atomic E-state index is 0.191. The van der Waals surface area contributed by atoms with Gasteiger partial charge in [-0.1, -0.05) is 0 Å². The topological polar surface area (TPSA) is 116 Å².